The molecule has 0 atom stereocenters. The van der Waals surface area contributed by atoms with E-state index in [0.717, 1.165) is 10.4 Å². The average Bonchev–Trinajstić information content (AvgIpc) is 2.42. The van der Waals surface area contributed by atoms with Crippen molar-refractivity contribution in [1.82, 2.24) is 9.97 Å². The van der Waals surface area contributed by atoms with Gasteiger partial charge in [-0.15, -0.1) is 11.3 Å². The number of nitrogens with zero attached hydrogens (tertiary/aromatic N) is 1. The molecule has 15 heavy (non-hydrogen) atoms. The van der Waals surface area contributed by atoms with Gasteiger partial charge in [0, 0.05) is 4.88 Å². The van der Waals surface area contributed by atoms with E-state index in [2.05, 4.69) is 9.97 Å². The van der Waals surface area contributed by atoms with Gasteiger partial charge in [0.2, 0.25) is 0 Å². The van der Waals surface area contributed by atoms with E-state index in [0.29, 0.717) is 10.2 Å². The molecule has 3 N–H and O–H groups in total. The lowest BCUT2D eigenvalue weighted by molar-refractivity contribution is 0.0990. The smallest absolute Gasteiger partial charge is 0.284 e. The average molecular weight is 223 g/mol. The number of primary amides is 1. The highest BCUT2D eigenvalue weighted by Crippen LogP contribution is 2.25. The van der Waals surface area contributed by atoms with Crippen LogP contribution in [-0.4, -0.2) is 15.9 Å². The third kappa shape index (κ3) is 1.42. The van der Waals surface area contributed by atoms with Crippen molar-refractivity contribution >= 4 is 27.5 Å². The van der Waals surface area contributed by atoms with Gasteiger partial charge in [0.15, 0.2) is 5.82 Å². The molecule has 78 valence electrons. The number of thiophene rings is 1. The molecule has 6 heteroatoms. The van der Waals surface area contributed by atoms with Crippen LogP contribution in [0, 0.1) is 13.8 Å². The maximum absolute atomic E-state index is 11.6. The maximum Gasteiger partial charge on any atom is 0.284 e. The third-order valence-electron chi connectivity index (χ3n) is 2.27. The first-order valence-electron chi connectivity index (χ1n) is 4.30. The minimum Gasteiger partial charge on any atom is -0.363 e. The van der Waals surface area contributed by atoms with E-state index in [-0.39, 0.29) is 11.4 Å². The predicted octanol–water partition coefficient (Wildman–Crippen LogP) is 0.700. The minimum absolute atomic E-state index is 0.0891. The van der Waals surface area contributed by atoms with Crippen LogP contribution in [0.5, 0.6) is 0 Å². The number of hydrogen-bond acceptors (Lipinski definition) is 4. The number of rotatable bonds is 1. The van der Waals surface area contributed by atoms with Gasteiger partial charge in [0.05, 0.1) is 5.39 Å². The Kier molecular flexibility index (Phi) is 2.08. The highest BCUT2D eigenvalue weighted by atomic mass is 32.1. The van der Waals surface area contributed by atoms with Crippen molar-refractivity contribution in [3.8, 4) is 0 Å². The molecule has 2 heterocycles. The van der Waals surface area contributed by atoms with Crippen molar-refractivity contribution in [3.05, 3.63) is 26.6 Å². The fraction of sp³-hybridized carbons (Fsp3) is 0.222. The van der Waals surface area contributed by atoms with Crippen LogP contribution in [0.25, 0.3) is 10.2 Å². The molecule has 0 aromatic carbocycles. The first-order chi connectivity index (χ1) is 7.00. The molecule has 2 aromatic rings. The summed E-state index contributed by atoms with van der Waals surface area (Å²) in [6, 6.07) is 0. The highest BCUT2D eigenvalue weighted by molar-refractivity contribution is 7.18. The molecule has 2 rings (SSSR count). The number of nitrogens with two attached hydrogens (primary N) is 1. The van der Waals surface area contributed by atoms with Crippen molar-refractivity contribution in [3.63, 3.8) is 0 Å². The lowest BCUT2D eigenvalue weighted by Gasteiger charge is -1.94. The Balaban J connectivity index is 2.90. The summed E-state index contributed by atoms with van der Waals surface area (Å²) < 4.78 is 0. The molecule has 2 aromatic heterocycles. The monoisotopic (exact) mass is 223 g/mol. The molecule has 5 nitrogen and oxygen atoms in total. The van der Waals surface area contributed by atoms with E-state index in [9.17, 15) is 9.59 Å². The number of carbonyl (C=O) groups excluding carboxylic acids is 1. The van der Waals surface area contributed by atoms with Gasteiger partial charge in [-0.1, -0.05) is 0 Å². The van der Waals surface area contributed by atoms with Gasteiger partial charge in [-0.05, 0) is 19.4 Å². The predicted molar refractivity (Wildman–Crippen MR) is 58.2 cm³/mol. The number of aromatic nitrogens is 2. The number of hydrogen-bond donors (Lipinski definition) is 2. The quantitative estimate of drug-likeness (QED) is 0.745. The van der Waals surface area contributed by atoms with Crippen LogP contribution in [0.3, 0.4) is 0 Å². The summed E-state index contributed by atoms with van der Waals surface area (Å²) in [6.07, 6.45) is 0. The number of carbonyl (C=O) groups is 1. The summed E-state index contributed by atoms with van der Waals surface area (Å²) in [5.74, 6) is -0.813. The minimum atomic E-state index is -0.724. The van der Waals surface area contributed by atoms with Gasteiger partial charge in [-0.3, -0.25) is 9.59 Å². The van der Waals surface area contributed by atoms with Gasteiger partial charge in [0.25, 0.3) is 11.5 Å². The standard InChI is InChI=1S/C9H9N3O2S/c1-3-4(2)15-9-5(3)8(14)11-7(12-9)6(10)13/h1-2H3,(H2,10,13)(H,11,12,14). The van der Waals surface area contributed by atoms with Crippen molar-refractivity contribution in [2.24, 2.45) is 5.73 Å². The summed E-state index contributed by atoms with van der Waals surface area (Å²) in [7, 11) is 0. The molecule has 0 saturated carbocycles. The molecule has 0 aliphatic carbocycles. The maximum atomic E-state index is 11.6. The van der Waals surface area contributed by atoms with Crippen molar-refractivity contribution in [1.29, 1.82) is 0 Å². The van der Waals surface area contributed by atoms with Crippen LogP contribution < -0.4 is 11.3 Å². The second-order valence-corrected chi connectivity index (χ2v) is 4.45. The second kappa shape index (κ2) is 3.16. The zero-order valence-electron chi connectivity index (χ0n) is 8.25. The van der Waals surface area contributed by atoms with E-state index in [1.54, 1.807) is 0 Å². The molecule has 1 amide bonds. The topological polar surface area (TPSA) is 88.8 Å². The fourth-order valence-electron chi connectivity index (χ4n) is 1.37. The Morgan fingerprint density at radius 2 is 2.13 bits per heavy atom. The number of aryl methyl sites for hydroxylation is 2. The van der Waals surface area contributed by atoms with Gasteiger partial charge >= 0.3 is 0 Å². The van der Waals surface area contributed by atoms with Crippen molar-refractivity contribution < 1.29 is 4.79 Å². The second-order valence-electron chi connectivity index (χ2n) is 3.24. The van der Waals surface area contributed by atoms with Gasteiger partial charge < -0.3 is 10.7 Å². The molecule has 0 bridgehead atoms. The normalized spacial score (nSPS) is 10.8. The molecule has 0 radical (unpaired) electrons. The molecular formula is C9H9N3O2S. The number of nitrogens with one attached hydrogen (secondary N) is 1. The Morgan fingerprint density at radius 1 is 1.47 bits per heavy atom. The van der Waals surface area contributed by atoms with E-state index < -0.39 is 5.91 Å². The third-order valence-corrected chi connectivity index (χ3v) is 3.37. The van der Waals surface area contributed by atoms with Crippen LogP contribution in [-0.2, 0) is 0 Å². The van der Waals surface area contributed by atoms with Crippen LogP contribution >= 0.6 is 11.3 Å². The number of amides is 1. The molecule has 0 saturated heterocycles. The summed E-state index contributed by atoms with van der Waals surface area (Å²) >= 11 is 1.39. The zero-order chi connectivity index (χ0) is 11.2. The Labute approximate surface area is 89.0 Å². The first-order valence-corrected chi connectivity index (χ1v) is 5.12. The Hall–Kier alpha value is -1.69. The van der Waals surface area contributed by atoms with E-state index >= 15 is 0 Å². The highest BCUT2D eigenvalue weighted by Gasteiger charge is 2.13. The molecule has 0 unspecified atom stereocenters. The number of fused-ring (bicyclic) bond motifs is 1. The van der Waals surface area contributed by atoms with Crippen molar-refractivity contribution in [2.45, 2.75) is 13.8 Å². The molecular weight excluding hydrogens is 214 g/mol. The summed E-state index contributed by atoms with van der Waals surface area (Å²) in [6.45, 7) is 3.76. The summed E-state index contributed by atoms with van der Waals surface area (Å²) in [5, 5.41) is 0.544. The number of H-pyrrole nitrogens is 1. The summed E-state index contributed by atoms with van der Waals surface area (Å²) in [4.78, 5) is 30.5. The van der Waals surface area contributed by atoms with Gasteiger partial charge in [-0.2, -0.15) is 0 Å². The Morgan fingerprint density at radius 3 is 2.73 bits per heavy atom. The number of aromatic amines is 1. The fourth-order valence-corrected chi connectivity index (χ4v) is 2.40. The van der Waals surface area contributed by atoms with E-state index in [1.165, 1.54) is 11.3 Å². The molecule has 0 aliphatic rings. The lowest BCUT2D eigenvalue weighted by Crippen LogP contribution is -2.20. The SMILES string of the molecule is Cc1sc2nc(C(N)=O)[nH]c(=O)c2c1C. The summed E-state index contributed by atoms with van der Waals surface area (Å²) in [5.41, 5.74) is 5.64. The van der Waals surface area contributed by atoms with E-state index in [1.807, 2.05) is 13.8 Å². The van der Waals surface area contributed by atoms with Crippen LogP contribution in [0.15, 0.2) is 4.79 Å². The molecule has 0 spiro atoms. The van der Waals surface area contributed by atoms with Crippen LogP contribution in [0.2, 0.25) is 0 Å². The first kappa shape index (κ1) is 9.85. The largest absolute Gasteiger partial charge is 0.363 e. The van der Waals surface area contributed by atoms with Gasteiger partial charge in [-0.25, -0.2) is 4.98 Å². The van der Waals surface area contributed by atoms with Gasteiger partial charge in [0.1, 0.15) is 4.83 Å². The Bertz CT molecular complexity index is 612. The van der Waals surface area contributed by atoms with Crippen molar-refractivity contribution in [2.75, 3.05) is 0 Å². The molecule has 0 fully saturated rings. The van der Waals surface area contributed by atoms with Crippen LogP contribution in [0.4, 0.5) is 0 Å². The van der Waals surface area contributed by atoms with E-state index in [4.69, 9.17) is 5.73 Å². The van der Waals surface area contributed by atoms with Crippen LogP contribution in [0.1, 0.15) is 21.1 Å². The zero-order valence-corrected chi connectivity index (χ0v) is 9.07. The lowest BCUT2D eigenvalue weighted by atomic mass is 10.2. The molecule has 0 aliphatic heterocycles.